The van der Waals surface area contributed by atoms with Crippen molar-refractivity contribution in [1.29, 1.82) is 0 Å². The van der Waals surface area contributed by atoms with Crippen LogP contribution in [-0.2, 0) is 0 Å². The van der Waals surface area contributed by atoms with Gasteiger partial charge in [-0.25, -0.2) is 4.39 Å². The number of hydrogen-bond donors (Lipinski definition) is 1. The molecular weight excluding hydrogens is 322 g/mol. The van der Waals surface area contributed by atoms with E-state index in [4.69, 9.17) is 11.6 Å². The lowest BCUT2D eigenvalue weighted by Gasteiger charge is -2.39. The van der Waals surface area contributed by atoms with Gasteiger partial charge in [-0.15, -0.1) is 12.4 Å². The molecule has 124 valence electrons. The van der Waals surface area contributed by atoms with Crippen LogP contribution in [0.3, 0.4) is 0 Å². The zero-order valence-corrected chi connectivity index (χ0v) is 14.7. The van der Waals surface area contributed by atoms with E-state index in [1.165, 1.54) is 25.7 Å². The van der Waals surface area contributed by atoms with E-state index in [9.17, 15) is 4.39 Å². The smallest absolute Gasteiger partial charge is 0.132 e. The molecule has 1 aromatic carbocycles. The van der Waals surface area contributed by atoms with Gasteiger partial charge in [0.1, 0.15) is 5.82 Å². The highest BCUT2D eigenvalue weighted by molar-refractivity contribution is 6.31. The summed E-state index contributed by atoms with van der Waals surface area (Å²) in [6, 6.07) is 3.78. The molecule has 5 heteroatoms. The number of rotatable bonds is 3. The highest BCUT2D eigenvalue weighted by Crippen LogP contribution is 2.43. The van der Waals surface area contributed by atoms with E-state index in [1.54, 1.807) is 6.07 Å². The zero-order valence-electron chi connectivity index (χ0n) is 13.1. The lowest BCUT2D eigenvalue weighted by atomic mass is 9.88. The summed E-state index contributed by atoms with van der Waals surface area (Å²) in [5.74, 6) is 0.440. The van der Waals surface area contributed by atoms with Crippen molar-refractivity contribution < 1.29 is 4.39 Å². The molecule has 1 saturated heterocycles. The van der Waals surface area contributed by atoms with E-state index in [2.05, 4.69) is 10.2 Å². The predicted octanol–water partition coefficient (Wildman–Crippen LogP) is 4.35. The minimum atomic E-state index is -0.0991. The first-order chi connectivity index (χ1) is 10.2. The number of halogens is 3. The molecule has 0 radical (unpaired) electrons. The molecule has 0 bridgehead atoms. The van der Waals surface area contributed by atoms with Crippen molar-refractivity contribution >= 4 is 24.0 Å². The molecule has 1 N–H and O–H groups in total. The van der Waals surface area contributed by atoms with Crippen LogP contribution >= 0.6 is 24.0 Å². The number of nitrogens with one attached hydrogen (secondary N) is 1. The first-order valence-corrected chi connectivity index (χ1v) is 8.45. The van der Waals surface area contributed by atoms with Gasteiger partial charge in [-0.05, 0) is 37.3 Å². The van der Waals surface area contributed by atoms with Crippen molar-refractivity contribution in [2.24, 2.45) is 5.92 Å². The Bertz CT molecular complexity index is 498. The fourth-order valence-electron chi connectivity index (χ4n) is 3.90. The maximum absolute atomic E-state index is 14.8. The van der Waals surface area contributed by atoms with Gasteiger partial charge in [0.15, 0.2) is 0 Å². The third kappa shape index (κ3) is 3.59. The molecule has 1 heterocycles. The molecule has 1 atom stereocenters. The van der Waals surface area contributed by atoms with Crippen molar-refractivity contribution in [2.45, 2.75) is 38.6 Å². The number of nitrogens with zero attached hydrogens (tertiary/aromatic N) is 1. The topological polar surface area (TPSA) is 15.3 Å². The van der Waals surface area contributed by atoms with E-state index in [1.807, 2.05) is 13.0 Å². The quantitative estimate of drug-likeness (QED) is 0.875. The molecule has 1 saturated carbocycles. The van der Waals surface area contributed by atoms with Gasteiger partial charge in [-0.1, -0.05) is 30.5 Å². The van der Waals surface area contributed by atoms with Crippen molar-refractivity contribution in [3.8, 4) is 0 Å². The summed E-state index contributed by atoms with van der Waals surface area (Å²) < 4.78 is 14.8. The summed E-state index contributed by atoms with van der Waals surface area (Å²) in [4.78, 5) is 2.44. The van der Waals surface area contributed by atoms with Crippen LogP contribution < -0.4 is 5.32 Å². The average molecular weight is 347 g/mol. The predicted molar refractivity (Wildman–Crippen MR) is 92.5 cm³/mol. The second kappa shape index (κ2) is 7.96. The Morgan fingerprint density at radius 2 is 1.86 bits per heavy atom. The molecule has 0 spiro atoms. The van der Waals surface area contributed by atoms with E-state index in [0.717, 1.165) is 31.7 Å². The lowest BCUT2D eigenvalue weighted by Crippen LogP contribution is -2.47. The Morgan fingerprint density at radius 1 is 1.23 bits per heavy atom. The minimum Gasteiger partial charge on any atom is -0.314 e. The molecule has 2 fully saturated rings. The summed E-state index contributed by atoms with van der Waals surface area (Å²) in [7, 11) is 0. The Hall–Kier alpha value is -0.350. The van der Waals surface area contributed by atoms with E-state index in [0.29, 0.717) is 16.5 Å². The molecule has 1 aliphatic heterocycles. The molecule has 2 aliphatic rings. The maximum Gasteiger partial charge on any atom is 0.132 e. The van der Waals surface area contributed by atoms with Crippen LogP contribution in [0.1, 0.15) is 42.9 Å². The summed E-state index contributed by atoms with van der Waals surface area (Å²) in [6.45, 7) is 5.75. The third-order valence-electron chi connectivity index (χ3n) is 5.01. The monoisotopic (exact) mass is 346 g/mol. The van der Waals surface area contributed by atoms with Crippen LogP contribution in [0.2, 0.25) is 5.02 Å². The Balaban J connectivity index is 0.00000176. The van der Waals surface area contributed by atoms with Crippen molar-refractivity contribution in [3.05, 3.63) is 34.1 Å². The molecule has 1 aliphatic carbocycles. The van der Waals surface area contributed by atoms with Crippen LogP contribution in [0.5, 0.6) is 0 Å². The minimum absolute atomic E-state index is 0. The highest BCUT2D eigenvalue weighted by atomic mass is 35.5. The third-order valence-corrected chi connectivity index (χ3v) is 5.34. The number of aryl methyl sites for hydroxylation is 1. The highest BCUT2D eigenvalue weighted by Gasteiger charge is 2.35. The van der Waals surface area contributed by atoms with Gasteiger partial charge in [-0.3, -0.25) is 4.90 Å². The summed E-state index contributed by atoms with van der Waals surface area (Å²) in [5, 5.41) is 3.98. The fourth-order valence-corrected chi connectivity index (χ4v) is 4.16. The van der Waals surface area contributed by atoms with Gasteiger partial charge >= 0.3 is 0 Å². The van der Waals surface area contributed by atoms with Crippen molar-refractivity contribution in [3.63, 3.8) is 0 Å². The largest absolute Gasteiger partial charge is 0.314 e. The van der Waals surface area contributed by atoms with Crippen LogP contribution in [0, 0.1) is 18.7 Å². The second-order valence-electron chi connectivity index (χ2n) is 6.37. The SMILES string of the molecule is Cc1ccc(Cl)c([C@H](C2CCCC2)N2CCNCC2)c1F.Cl. The maximum atomic E-state index is 14.8. The van der Waals surface area contributed by atoms with Gasteiger partial charge in [0.05, 0.1) is 0 Å². The van der Waals surface area contributed by atoms with E-state index < -0.39 is 0 Å². The molecule has 1 aromatic rings. The molecule has 0 aromatic heterocycles. The summed E-state index contributed by atoms with van der Waals surface area (Å²) >= 11 is 6.41. The van der Waals surface area contributed by atoms with Crippen LogP contribution in [0.4, 0.5) is 4.39 Å². The molecule has 3 rings (SSSR count). The average Bonchev–Trinajstić information content (AvgIpc) is 3.02. The van der Waals surface area contributed by atoms with Gasteiger partial charge in [0, 0.05) is 42.8 Å². The molecular formula is C17H25Cl2FN2. The van der Waals surface area contributed by atoms with Crippen LogP contribution in [0.25, 0.3) is 0 Å². The lowest BCUT2D eigenvalue weighted by molar-refractivity contribution is 0.122. The van der Waals surface area contributed by atoms with Crippen molar-refractivity contribution in [1.82, 2.24) is 10.2 Å². The normalized spacial score (nSPS) is 21.6. The molecule has 0 unspecified atom stereocenters. The number of benzene rings is 1. The Kier molecular flexibility index (Phi) is 6.51. The summed E-state index contributed by atoms with van der Waals surface area (Å²) in [5.41, 5.74) is 1.44. The first kappa shape index (κ1) is 18.0. The molecule has 2 nitrogen and oxygen atoms in total. The zero-order chi connectivity index (χ0) is 14.8. The number of hydrogen-bond acceptors (Lipinski definition) is 2. The molecule has 0 amide bonds. The van der Waals surface area contributed by atoms with Crippen LogP contribution in [0.15, 0.2) is 12.1 Å². The Labute approximate surface area is 143 Å². The summed E-state index contributed by atoms with van der Waals surface area (Å²) in [6.07, 6.45) is 4.91. The first-order valence-electron chi connectivity index (χ1n) is 8.07. The van der Waals surface area contributed by atoms with E-state index in [-0.39, 0.29) is 24.3 Å². The van der Waals surface area contributed by atoms with E-state index >= 15 is 0 Å². The van der Waals surface area contributed by atoms with Gasteiger partial charge in [-0.2, -0.15) is 0 Å². The van der Waals surface area contributed by atoms with Crippen LogP contribution in [-0.4, -0.2) is 31.1 Å². The fraction of sp³-hybridized carbons (Fsp3) is 0.647. The second-order valence-corrected chi connectivity index (χ2v) is 6.77. The van der Waals surface area contributed by atoms with Crippen molar-refractivity contribution in [2.75, 3.05) is 26.2 Å². The van der Waals surface area contributed by atoms with Gasteiger partial charge in [0.25, 0.3) is 0 Å². The van der Waals surface area contributed by atoms with Gasteiger partial charge < -0.3 is 5.32 Å². The Morgan fingerprint density at radius 3 is 2.50 bits per heavy atom. The standard InChI is InChI=1S/C17H24ClFN2.ClH/c1-12-6-7-14(18)15(16(12)19)17(13-4-2-3-5-13)21-10-8-20-9-11-21;/h6-7,13,17,20H,2-5,8-11H2,1H3;1H/t17-;/m0./s1. The van der Waals surface area contributed by atoms with Gasteiger partial charge in [0.2, 0.25) is 0 Å². The number of piperazine rings is 1. The molecule has 22 heavy (non-hydrogen) atoms.